The molecule has 36 heavy (non-hydrogen) atoms. The SMILES string of the molecule is COc1cccc(CC(=O)N/[N+](C)=C/c2cc(F)ccc2OS(=O)(=O)c2ccc(C(F)(F)F)cc2)c1. The molecule has 0 aromatic heterocycles. The third-order valence-corrected chi connectivity index (χ3v) is 6.02. The molecule has 3 aromatic carbocycles. The number of methoxy groups -OCH3 is 1. The van der Waals surface area contributed by atoms with Crippen LogP contribution in [0.1, 0.15) is 16.7 Å². The van der Waals surface area contributed by atoms with Crippen molar-refractivity contribution in [1.29, 1.82) is 0 Å². The third-order valence-electron chi connectivity index (χ3n) is 4.77. The molecule has 3 aromatic rings. The summed E-state index contributed by atoms with van der Waals surface area (Å²) < 4.78 is 88.8. The maximum absolute atomic E-state index is 13.9. The van der Waals surface area contributed by atoms with Crippen LogP contribution in [0.25, 0.3) is 0 Å². The molecule has 0 spiro atoms. The van der Waals surface area contributed by atoms with Crippen molar-refractivity contribution in [1.82, 2.24) is 5.43 Å². The predicted molar refractivity (Wildman–Crippen MR) is 122 cm³/mol. The number of ether oxygens (including phenoxy) is 1. The van der Waals surface area contributed by atoms with E-state index in [-0.39, 0.29) is 17.7 Å². The van der Waals surface area contributed by atoms with Gasteiger partial charge in [-0.25, -0.2) is 4.39 Å². The summed E-state index contributed by atoms with van der Waals surface area (Å²) in [5, 5.41) is 0. The number of alkyl halides is 3. The molecule has 3 rings (SSSR count). The fourth-order valence-electron chi connectivity index (χ4n) is 3.12. The summed E-state index contributed by atoms with van der Waals surface area (Å²) in [5.74, 6) is -0.851. The Labute approximate surface area is 204 Å². The normalized spacial score (nSPS) is 12.2. The first-order valence-corrected chi connectivity index (χ1v) is 11.7. The molecule has 0 aliphatic rings. The summed E-state index contributed by atoms with van der Waals surface area (Å²) in [5.41, 5.74) is 2.15. The summed E-state index contributed by atoms with van der Waals surface area (Å²) in [6, 6.07) is 12.6. The fraction of sp³-hybridized carbons (Fsp3) is 0.167. The van der Waals surface area contributed by atoms with Crippen LogP contribution in [0.5, 0.6) is 11.5 Å². The first-order chi connectivity index (χ1) is 16.9. The molecule has 0 fully saturated rings. The highest BCUT2D eigenvalue weighted by atomic mass is 32.2. The molecule has 1 amide bonds. The topological polar surface area (TPSA) is 84.7 Å². The molecule has 0 unspecified atom stereocenters. The molecule has 12 heteroatoms. The molecular weight excluding hydrogens is 504 g/mol. The number of amides is 1. The zero-order valence-electron chi connectivity index (χ0n) is 19.0. The lowest BCUT2D eigenvalue weighted by Crippen LogP contribution is -2.34. The van der Waals surface area contributed by atoms with Gasteiger partial charge in [0, 0.05) is 0 Å². The van der Waals surface area contributed by atoms with Crippen LogP contribution in [0.2, 0.25) is 0 Å². The number of rotatable bonds is 8. The van der Waals surface area contributed by atoms with Gasteiger partial charge in [0.15, 0.2) is 12.8 Å². The molecule has 0 aliphatic carbocycles. The van der Waals surface area contributed by atoms with Crippen molar-refractivity contribution in [3.8, 4) is 11.5 Å². The van der Waals surface area contributed by atoms with Gasteiger partial charge in [0.2, 0.25) is 6.21 Å². The molecule has 1 N–H and O–H groups in total. The summed E-state index contributed by atoms with van der Waals surface area (Å²) in [6.07, 6.45) is -3.40. The Balaban J connectivity index is 1.79. The number of hydrazine groups is 1. The Bertz CT molecular complexity index is 1390. The largest absolute Gasteiger partial charge is 0.497 e. The van der Waals surface area contributed by atoms with Crippen molar-refractivity contribution in [2.45, 2.75) is 17.5 Å². The Morgan fingerprint density at radius 2 is 1.75 bits per heavy atom. The number of nitrogens with one attached hydrogen (secondary N) is 1. The lowest BCUT2D eigenvalue weighted by Gasteiger charge is -2.11. The van der Waals surface area contributed by atoms with Crippen LogP contribution in [0, 0.1) is 5.82 Å². The average molecular weight is 526 g/mol. The van der Waals surface area contributed by atoms with Crippen molar-refractivity contribution in [3.05, 3.63) is 89.2 Å². The lowest BCUT2D eigenvalue weighted by atomic mass is 10.1. The smallest absolute Gasteiger partial charge is 0.416 e. The van der Waals surface area contributed by atoms with Gasteiger partial charge in [-0.15, -0.1) is 10.1 Å². The second kappa shape index (κ2) is 10.8. The number of nitrogens with zero attached hydrogens (tertiary/aromatic N) is 1. The fourth-order valence-corrected chi connectivity index (χ4v) is 4.07. The molecule has 0 saturated heterocycles. The molecule has 190 valence electrons. The van der Waals surface area contributed by atoms with Crippen LogP contribution in [0.15, 0.2) is 71.6 Å². The van der Waals surface area contributed by atoms with Gasteiger partial charge in [-0.3, -0.25) is 4.79 Å². The van der Waals surface area contributed by atoms with Gasteiger partial charge in [0.25, 0.3) is 5.91 Å². The van der Waals surface area contributed by atoms with Crippen molar-refractivity contribution in [2.75, 3.05) is 14.2 Å². The third kappa shape index (κ3) is 7.04. The van der Waals surface area contributed by atoms with E-state index in [1.54, 1.807) is 24.3 Å². The van der Waals surface area contributed by atoms with E-state index in [0.29, 0.717) is 23.4 Å². The molecule has 7 nitrogen and oxygen atoms in total. The van der Waals surface area contributed by atoms with Crippen LogP contribution in [0.3, 0.4) is 0 Å². The van der Waals surface area contributed by atoms with Crippen LogP contribution in [-0.2, 0) is 27.5 Å². The van der Waals surface area contributed by atoms with Crippen molar-refractivity contribution in [3.63, 3.8) is 0 Å². The molecular formula is C24H21F4N2O5S+. The second-order valence-corrected chi connectivity index (χ2v) is 9.09. The van der Waals surface area contributed by atoms with Gasteiger partial charge in [-0.05, 0) is 60.2 Å². The highest BCUT2D eigenvalue weighted by molar-refractivity contribution is 7.87. The number of hydrogen-bond acceptors (Lipinski definition) is 5. The average Bonchev–Trinajstić information content (AvgIpc) is 2.80. The maximum atomic E-state index is 13.9. The highest BCUT2D eigenvalue weighted by Crippen LogP contribution is 2.30. The van der Waals surface area contributed by atoms with Crippen LogP contribution in [-0.4, -0.2) is 39.4 Å². The summed E-state index contributed by atoms with van der Waals surface area (Å²) >= 11 is 0. The molecule has 0 saturated carbocycles. The Morgan fingerprint density at radius 1 is 1.06 bits per heavy atom. The van der Waals surface area contributed by atoms with Gasteiger partial charge in [-0.2, -0.15) is 21.6 Å². The minimum absolute atomic E-state index is 0.00416. The first-order valence-electron chi connectivity index (χ1n) is 10.3. The van der Waals surface area contributed by atoms with E-state index in [9.17, 15) is 30.8 Å². The molecule has 0 heterocycles. The maximum Gasteiger partial charge on any atom is 0.416 e. The van der Waals surface area contributed by atoms with E-state index in [4.69, 9.17) is 8.92 Å². The van der Waals surface area contributed by atoms with Crippen LogP contribution < -0.4 is 14.3 Å². The predicted octanol–water partition coefficient (Wildman–Crippen LogP) is 3.96. The zero-order chi connectivity index (χ0) is 26.5. The Morgan fingerprint density at radius 3 is 2.39 bits per heavy atom. The zero-order valence-corrected chi connectivity index (χ0v) is 19.9. The minimum Gasteiger partial charge on any atom is -0.497 e. The van der Waals surface area contributed by atoms with Crippen LogP contribution in [0.4, 0.5) is 17.6 Å². The van der Waals surface area contributed by atoms with Gasteiger partial charge >= 0.3 is 16.3 Å². The molecule has 0 aliphatic heterocycles. The monoisotopic (exact) mass is 525 g/mol. The minimum atomic E-state index is -4.64. The van der Waals surface area contributed by atoms with Gasteiger partial charge in [-0.1, -0.05) is 12.1 Å². The standard InChI is InChI=1S/C24H20F4N2O5S/c1-30(29-23(31)13-16-4-3-5-20(12-16)34-2)15-17-14-19(25)8-11-22(17)35-36(32,33)21-9-6-18(7-10-21)24(26,27)28/h3-12,14-15H,13H2,1-2H3/p+1/b30-15+. The summed E-state index contributed by atoms with van der Waals surface area (Å²) in [7, 11) is -1.61. The first kappa shape index (κ1) is 26.7. The number of halogens is 4. The van der Waals surface area contributed by atoms with Crippen molar-refractivity contribution in [2.24, 2.45) is 0 Å². The summed E-state index contributed by atoms with van der Waals surface area (Å²) in [6.45, 7) is 0. The van der Waals surface area contributed by atoms with Gasteiger partial charge in [0.1, 0.15) is 16.5 Å². The molecule has 0 bridgehead atoms. The van der Waals surface area contributed by atoms with Crippen molar-refractivity contribution >= 4 is 22.2 Å². The van der Waals surface area contributed by atoms with Crippen LogP contribution >= 0.6 is 0 Å². The van der Waals surface area contributed by atoms with E-state index in [1.165, 1.54) is 25.1 Å². The van der Waals surface area contributed by atoms with Crippen molar-refractivity contribution < 1.29 is 44.4 Å². The number of carbonyl (C=O) groups is 1. The lowest BCUT2D eigenvalue weighted by molar-refractivity contribution is -0.541. The number of benzene rings is 3. The molecule has 0 atom stereocenters. The Hall–Kier alpha value is -3.93. The Kier molecular flexibility index (Phi) is 7.98. The molecule has 0 radical (unpaired) electrons. The number of hydrazone groups is 1. The van der Waals surface area contributed by atoms with E-state index in [2.05, 4.69) is 5.43 Å². The van der Waals surface area contributed by atoms with E-state index in [0.717, 1.165) is 30.3 Å². The quantitative estimate of drug-likeness (QED) is 0.158. The van der Waals surface area contributed by atoms with E-state index in [1.807, 2.05) is 0 Å². The van der Waals surface area contributed by atoms with E-state index < -0.39 is 38.5 Å². The number of carbonyl (C=O) groups excluding carboxylic acids is 1. The van der Waals surface area contributed by atoms with Gasteiger partial charge < -0.3 is 8.92 Å². The number of hydrogen-bond donors (Lipinski definition) is 1. The summed E-state index contributed by atoms with van der Waals surface area (Å²) in [4.78, 5) is 11.9. The van der Waals surface area contributed by atoms with E-state index >= 15 is 0 Å². The second-order valence-electron chi connectivity index (χ2n) is 7.55. The van der Waals surface area contributed by atoms with Gasteiger partial charge in [0.05, 0.1) is 24.7 Å². The highest BCUT2D eigenvalue weighted by Gasteiger charge is 2.31.